The molecule has 0 saturated carbocycles. The predicted octanol–water partition coefficient (Wildman–Crippen LogP) is 4.12. The minimum atomic E-state index is -3.82. The van der Waals surface area contributed by atoms with E-state index in [9.17, 15) is 18.0 Å². The quantitative estimate of drug-likeness (QED) is 0.652. The number of carboxylic acid groups (broad SMARTS) is 1. The molecule has 0 unspecified atom stereocenters. The zero-order valence-electron chi connectivity index (χ0n) is 14.3. The number of carbonyl (C=O) groups excluding carboxylic acids is 1. The maximum absolute atomic E-state index is 12.8. The van der Waals surface area contributed by atoms with Gasteiger partial charge in [-0.15, -0.1) is 0 Å². The number of amides is 1. The maximum Gasteiger partial charge on any atom is 0.335 e. The summed E-state index contributed by atoms with van der Waals surface area (Å²) in [5, 5.41) is 11.6. The van der Waals surface area contributed by atoms with Crippen LogP contribution in [0.15, 0.2) is 82.6 Å². The molecule has 0 aliphatic carbocycles. The van der Waals surface area contributed by atoms with Crippen LogP contribution in [-0.2, 0) is 9.84 Å². The molecule has 6 nitrogen and oxygen atoms in total. The first kappa shape index (κ1) is 19.6. The first-order chi connectivity index (χ1) is 13.3. The number of hydrogen-bond donors (Lipinski definition) is 2. The number of nitrogens with one attached hydrogen (secondary N) is 1. The van der Waals surface area contributed by atoms with E-state index in [4.69, 9.17) is 16.7 Å². The van der Waals surface area contributed by atoms with Gasteiger partial charge >= 0.3 is 5.97 Å². The molecule has 0 bridgehead atoms. The SMILES string of the molecule is O=C(O)c1cccc(NC(=O)c2cc(S(=O)(=O)c3ccccc3)ccc2Cl)c1. The van der Waals surface area contributed by atoms with Gasteiger partial charge in [0.15, 0.2) is 0 Å². The lowest BCUT2D eigenvalue weighted by Crippen LogP contribution is -2.14. The third-order valence-corrected chi connectivity index (χ3v) is 6.01. The summed E-state index contributed by atoms with van der Waals surface area (Å²) in [6.07, 6.45) is 0. The Balaban J connectivity index is 1.95. The van der Waals surface area contributed by atoms with E-state index in [0.717, 1.165) is 0 Å². The van der Waals surface area contributed by atoms with Crippen LogP contribution < -0.4 is 5.32 Å². The van der Waals surface area contributed by atoms with Gasteiger partial charge in [-0.25, -0.2) is 13.2 Å². The Bertz CT molecular complexity index is 1160. The Morgan fingerprint density at radius 1 is 0.857 bits per heavy atom. The topological polar surface area (TPSA) is 101 Å². The first-order valence-corrected chi connectivity index (χ1v) is 9.89. The van der Waals surface area contributed by atoms with Gasteiger partial charge in [0.2, 0.25) is 9.84 Å². The predicted molar refractivity (Wildman–Crippen MR) is 105 cm³/mol. The molecule has 0 aliphatic rings. The van der Waals surface area contributed by atoms with Gasteiger partial charge < -0.3 is 10.4 Å². The van der Waals surface area contributed by atoms with Crippen LogP contribution >= 0.6 is 11.6 Å². The molecule has 1 amide bonds. The van der Waals surface area contributed by atoms with Crippen LogP contribution in [0.5, 0.6) is 0 Å². The van der Waals surface area contributed by atoms with Gasteiger partial charge in [-0.1, -0.05) is 35.9 Å². The Hall–Kier alpha value is -3.16. The van der Waals surface area contributed by atoms with Crippen molar-refractivity contribution in [3.8, 4) is 0 Å². The van der Waals surface area contributed by atoms with Crippen molar-refractivity contribution in [2.75, 3.05) is 5.32 Å². The summed E-state index contributed by atoms with van der Waals surface area (Å²) in [5.74, 6) is -1.79. The van der Waals surface area contributed by atoms with Gasteiger partial charge in [0, 0.05) is 5.69 Å². The number of sulfone groups is 1. The van der Waals surface area contributed by atoms with Crippen LogP contribution in [-0.4, -0.2) is 25.4 Å². The standard InChI is InChI=1S/C20H14ClNO5S/c21-18-10-9-16(28(26,27)15-7-2-1-3-8-15)12-17(18)19(23)22-14-6-4-5-13(11-14)20(24)25/h1-12H,(H,22,23)(H,24,25). The van der Waals surface area contributed by atoms with Gasteiger partial charge in [-0.2, -0.15) is 0 Å². The van der Waals surface area contributed by atoms with Crippen LogP contribution in [0.2, 0.25) is 5.02 Å². The van der Waals surface area contributed by atoms with E-state index in [0.29, 0.717) is 0 Å². The van der Waals surface area contributed by atoms with E-state index >= 15 is 0 Å². The minimum absolute atomic E-state index is 0.00398. The molecule has 0 spiro atoms. The largest absolute Gasteiger partial charge is 0.478 e. The number of aromatic carboxylic acids is 1. The number of anilines is 1. The molecule has 3 rings (SSSR count). The highest BCUT2D eigenvalue weighted by Gasteiger charge is 2.21. The molecule has 142 valence electrons. The number of rotatable bonds is 5. The van der Waals surface area contributed by atoms with Crippen molar-refractivity contribution in [2.24, 2.45) is 0 Å². The van der Waals surface area contributed by atoms with Gasteiger partial charge in [0.05, 0.1) is 25.9 Å². The molecule has 8 heteroatoms. The van der Waals surface area contributed by atoms with Crippen molar-refractivity contribution in [2.45, 2.75) is 9.79 Å². The van der Waals surface area contributed by atoms with Gasteiger partial charge in [0.25, 0.3) is 5.91 Å². The van der Waals surface area contributed by atoms with Crippen molar-refractivity contribution in [1.29, 1.82) is 0 Å². The third-order valence-electron chi connectivity index (χ3n) is 3.91. The molecule has 3 aromatic rings. The molecule has 0 saturated heterocycles. The molecular formula is C20H14ClNO5S. The van der Waals surface area contributed by atoms with E-state index in [1.54, 1.807) is 18.2 Å². The van der Waals surface area contributed by atoms with E-state index in [2.05, 4.69) is 5.32 Å². The van der Waals surface area contributed by atoms with E-state index in [1.807, 2.05) is 0 Å². The summed E-state index contributed by atoms with van der Waals surface area (Å²) in [6.45, 7) is 0. The second-order valence-electron chi connectivity index (χ2n) is 5.80. The highest BCUT2D eigenvalue weighted by atomic mass is 35.5. The van der Waals surface area contributed by atoms with Crippen LogP contribution in [0.3, 0.4) is 0 Å². The molecule has 0 aliphatic heterocycles. The maximum atomic E-state index is 12.8. The average molecular weight is 416 g/mol. The van der Waals surface area contributed by atoms with Crippen LogP contribution in [0.4, 0.5) is 5.69 Å². The summed E-state index contributed by atoms with van der Waals surface area (Å²) in [6, 6.07) is 17.4. The summed E-state index contributed by atoms with van der Waals surface area (Å²) in [7, 11) is -3.82. The molecule has 0 fully saturated rings. The van der Waals surface area contributed by atoms with Crippen LogP contribution in [0.1, 0.15) is 20.7 Å². The lowest BCUT2D eigenvalue weighted by atomic mass is 10.1. The van der Waals surface area contributed by atoms with Gasteiger partial charge in [0.1, 0.15) is 0 Å². The summed E-state index contributed by atoms with van der Waals surface area (Å²) in [4.78, 5) is 23.7. The fourth-order valence-corrected chi connectivity index (χ4v) is 4.02. The van der Waals surface area contributed by atoms with Crippen molar-refractivity contribution in [3.63, 3.8) is 0 Å². The van der Waals surface area contributed by atoms with E-state index in [1.165, 1.54) is 54.6 Å². The second kappa shape index (κ2) is 7.84. The lowest BCUT2D eigenvalue weighted by Gasteiger charge is -2.10. The fourth-order valence-electron chi connectivity index (χ4n) is 2.51. The van der Waals surface area contributed by atoms with E-state index in [-0.39, 0.29) is 31.6 Å². The van der Waals surface area contributed by atoms with Crippen LogP contribution in [0.25, 0.3) is 0 Å². The zero-order valence-corrected chi connectivity index (χ0v) is 15.9. The molecule has 0 heterocycles. The van der Waals surface area contributed by atoms with Crippen molar-refractivity contribution in [1.82, 2.24) is 0 Å². The smallest absolute Gasteiger partial charge is 0.335 e. The summed E-state index contributed by atoms with van der Waals surface area (Å²) < 4.78 is 25.5. The van der Waals surface area contributed by atoms with Crippen molar-refractivity contribution >= 4 is 39.0 Å². The number of halogens is 1. The van der Waals surface area contributed by atoms with Gasteiger partial charge in [-0.3, -0.25) is 4.79 Å². The van der Waals surface area contributed by atoms with Gasteiger partial charge in [-0.05, 0) is 48.5 Å². The molecular weight excluding hydrogens is 402 g/mol. The monoisotopic (exact) mass is 415 g/mol. The van der Waals surface area contributed by atoms with Crippen LogP contribution in [0, 0.1) is 0 Å². The highest BCUT2D eigenvalue weighted by Crippen LogP contribution is 2.26. The van der Waals surface area contributed by atoms with Crippen molar-refractivity contribution < 1.29 is 23.1 Å². The molecule has 2 N–H and O–H groups in total. The number of carboxylic acids is 1. The molecule has 0 atom stereocenters. The Morgan fingerprint density at radius 2 is 1.57 bits per heavy atom. The number of hydrogen-bond acceptors (Lipinski definition) is 4. The molecule has 0 aromatic heterocycles. The Morgan fingerprint density at radius 3 is 2.25 bits per heavy atom. The number of benzene rings is 3. The Labute approximate surface area is 166 Å². The summed E-state index contributed by atoms with van der Waals surface area (Å²) in [5.41, 5.74) is 0.209. The fraction of sp³-hybridized carbons (Fsp3) is 0. The molecule has 28 heavy (non-hydrogen) atoms. The first-order valence-electron chi connectivity index (χ1n) is 8.03. The summed E-state index contributed by atoms with van der Waals surface area (Å²) >= 11 is 6.09. The zero-order chi connectivity index (χ0) is 20.3. The average Bonchev–Trinajstić information content (AvgIpc) is 2.69. The lowest BCUT2D eigenvalue weighted by molar-refractivity contribution is 0.0696. The highest BCUT2D eigenvalue weighted by molar-refractivity contribution is 7.91. The molecule has 0 radical (unpaired) electrons. The number of carbonyl (C=O) groups is 2. The van der Waals surface area contributed by atoms with E-state index < -0.39 is 21.7 Å². The normalized spacial score (nSPS) is 11.0. The minimum Gasteiger partial charge on any atom is -0.478 e. The second-order valence-corrected chi connectivity index (χ2v) is 8.16. The van der Waals surface area contributed by atoms with Crippen molar-refractivity contribution in [3.05, 3.63) is 88.9 Å². The molecule has 3 aromatic carbocycles. The Kier molecular flexibility index (Phi) is 5.48. The third kappa shape index (κ3) is 4.05.